The molecule has 1 amide bonds. The second kappa shape index (κ2) is 4.63. The van der Waals surface area contributed by atoms with Gasteiger partial charge in [0.2, 0.25) is 5.91 Å². The van der Waals surface area contributed by atoms with Gasteiger partial charge in [-0.25, -0.2) is 4.79 Å². The number of carboxylic acids is 1. The van der Waals surface area contributed by atoms with Crippen LogP contribution in [0.2, 0.25) is 0 Å². The number of aromatic carboxylic acids is 1. The number of rotatable bonds is 3. The molecule has 2 saturated carbocycles. The smallest absolute Gasteiger partial charge is 0.337 e. The first kappa shape index (κ1) is 12.7. The number of amides is 1. The van der Waals surface area contributed by atoms with Crippen molar-refractivity contribution in [3.05, 3.63) is 28.2 Å². The minimum Gasteiger partial charge on any atom is -0.478 e. The van der Waals surface area contributed by atoms with E-state index in [0.717, 1.165) is 17.3 Å². The number of anilines is 1. The zero-order valence-electron chi connectivity index (χ0n) is 10.2. The van der Waals surface area contributed by atoms with Crippen molar-refractivity contribution in [3.63, 3.8) is 0 Å². The molecular formula is C14H14BrNO3. The van der Waals surface area contributed by atoms with Crippen LogP contribution in [-0.2, 0) is 4.79 Å². The fraction of sp³-hybridized carbons (Fsp3) is 0.429. The van der Waals surface area contributed by atoms with Crippen molar-refractivity contribution in [3.8, 4) is 0 Å². The molecule has 0 radical (unpaired) electrons. The predicted molar refractivity (Wildman–Crippen MR) is 74.1 cm³/mol. The molecule has 1 aromatic carbocycles. The Balaban J connectivity index is 1.77. The van der Waals surface area contributed by atoms with Gasteiger partial charge in [0.05, 0.1) is 11.3 Å². The molecule has 2 atom stereocenters. The maximum Gasteiger partial charge on any atom is 0.337 e. The van der Waals surface area contributed by atoms with Crippen LogP contribution in [0.15, 0.2) is 22.7 Å². The van der Waals surface area contributed by atoms with Crippen LogP contribution in [0.5, 0.6) is 0 Å². The standard InChI is InChI=1S/C14H14BrNO3/c15-7-4-5-10(14(18)19)11(6-7)16-13(17)12-8-2-1-3-9(8)12/h4-6,8-9,12H,1-3H2,(H,16,17)(H,18,19). The zero-order chi connectivity index (χ0) is 13.6. The number of hydrogen-bond donors (Lipinski definition) is 2. The quantitative estimate of drug-likeness (QED) is 0.898. The number of carbonyl (C=O) groups excluding carboxylic acids is 1. The number of halogens is 1. The van der Waals surface area contributed by atoms with Crippen molar-refractivity contribution >= 4 is 33.5 Å². The monoisotopic (exact) mass is 323 g/mol. The fourth-order valence-corrected chi connectivity index (χ4v) is 3.59. The molecule has 2 aliphatic rings. The summed E-state index contributed by atoms with van der Waals surface area (Å²) in [5.41, 5.74) is 0.499. The molecule has 2 fully saturated rings. The lowest BCUT2D eigenvalue weighted by atomic mass is 10.1. The van der Waals surface area contributed by atoms with E-state index in [-0.39, 0.29) is 17.4 Å². The lowest BCUT2D eigenvalue weighted by Crippen LogP contribution is -2.18. The number of benzene rings is 1. The van der Waals surface area contributed by atoms with Crippen molar-refractivity contribution in [1.29, 1.82) is 0 Å². The van der Waals surface area contributed by atoms with Crippen LogP contribution in [0.4, 0.5) is 5.69 Å². The topological polar surface area (TPSA) is 66.4 Å². The van der Waals surface area contributed by atoms with Gasteiger partial charge in [0, 0.05) is 10.4 Å². The van der Waals surface area contributed by atoms with E-state index in [0.29, 0.717) is 17.5 Å². The molecule has 19 heavy (non-hydrogen) atoms. The minimum atomic E-state index is -1.03. The Morgan fingerprint density at radius 2 is 1.95 bits per heavy atom. The first-order valence-electron chi connectivity index (χ1n) is 6.41. The Kier molecular flexibility index (Phi) is 3.09. The number of carboxylic acid groups (broad SMARTS) is 1. The van der Waals surface area contributed by atoms with Crippen molar-refractivity contribution in [2.24, 2.45) is 17.8 Å². The highest BCUT2D eigenvalue weighted by Gasteiger charge is 2.56. The maximum absolute atomic E-state index is 12.2. The fourth-order valence-electron chi connectivity index (χ4n) is 3.23. The summed E-state index contributed by atoms with van der Waals surface area (Å²) >= 11 is 3.29. The molecule has 2 aliphatic carbocycles. The van der Waals surface area contributed by atoms with Gasteiger partial charge < -0.3 is 10.4 Å². The summed E-state index contributed by atoms with van der Waals surface area (Å²) < 4.78 is 0.754. The van der Waals surface area contributed by atoms with Crippen molar-refractivity contribution in [2.75, 3.05) is 5.32 Å². The first-order chi connectivity index (χ1) is 9.08. The van der Waals surface area contributed by atoms with Crippen LogP contribution < -0.4 is 5.32 Å². The molecule has 0 spiro atoms. The van der Waals surface area contributed by atoms with E-state index < -0.39 is 5.97 Å². The largest absolute Gasteiger partial charge is 0.478 e. The normalized spacial score (nSPS) is 27.7. The van der Waals surface area contributed by atoms with Gasteiger partial charge in [-0.05, 0) is 42.9 Å². The Morgan fingerprint density at radius 1 is 1.26 bits per heavy atom. The first-order valence-corrected chi connectivity index (χ1v) is 7.21. The van der Waals surface area contributed by atoms with E-state index in [1.165, 1.54) is 12.5 Å². The van der Waals surface area contributed by atoms with Crippen LogP contribution >= 0.6 is 15.9 Å². The van der Waals surface area contributed by atoms with Gasteiger partial charge in [0.15, 0.2) is 0 Å². The average Bonchev–Trinajstić information content (AvgIpc) is 2.83. The molecule has 1 aromatic rings. The van der Waals surface area contributed by atoms with Gasteiger partial charge in [-0.15, -0.1) is 0 Å². The molecule has 0 aromatic heterocycles. The number of fused-ring (bicyclic) bond motifs is 1. The van der Waals surface area contributed by atoms with Crippen molar-refractivity contribution in [2.45, 2.75) is 19.3 Å². The molecule has 0 aliphatic heterocycles. The molecule has 4 nitrogen and oxygen atoms in total. The highest BCUT2D eigenvalue weighted by molar-refractivity contribution is 9.10. The van der Waals surface area contributed by atoms with Gasteiger partial charge in [-0.1, -0.05) is 22.4 Å². The van der Waals surface area contributed by atoms with Gasteiger partial charge in [-0.2, -0.15) is 0 Å². The minimum absolute atomic E-state index is 0.0321. The van der Waals surface area contributed by atoms with Gasteiger partial charge in [0.1, 0.15) is 0 Å². The number of nitrogens with one attached hydrogen (secondary N) is 1. The Bertz CT molecular complexity index is 548. The lowest BCUT2D eigenvalue weighted by Gasteiger charge is -2.10. The average molecular weight is 324 g/mol. The van der Waals surface area contributed by atoms with Crippen molar-refractivity contribution < 1.29 is 14.7 Å². The third-order valence-electron chi connectivity index (χ3n) is 4.18. The van der Waals surface area contributed by atoms with E-state index >= 15 is 0 Å². The van der Waals surface area contributed by atoms with Crippen LogP contribution in [0.3, 0.4) is 0 Å². The third kappa shape index (κ3) is 2.27. The summed E-state index contributed by atoms with van der Waals surface area (Å²) in [6, 6.07) is 4.79. The summed E-state index contributed by atoms with van der Waals surface area (Å²) in [5, 5.41) is 11.9. The van der Waals surface area contributed by atoms with E-state index in [1.807, 2.05) is 0 Å². The van der Waals surface area contributed by atoms with E-state index in [1.54, 1.807) is 12.1 Å². The highest BCUT2D eigenvalue weighted by atomic mass is 79.9. The van der Waals surface area contributed by atoms with E-state index in [2.05, 4.69) is 21.2 Å². The summed E-state index contributed by atoms with van der Waals surface area (Å²) in [7, 11) is 0. The molecule has 5 heteroatoms. The maximum atomic E-state index is 12.2. The molecule has 0 heterocycles. The SMILES string of the molecule is O=C(O)c1ccc(Br)cc1NC(=O)C1C2CCCC21. The van der Waals surface area contributed by atoms with E-state index in [9.17, 15) is 9.59 Å². The van der Waals surface area contributed by atoms with Gasteiger partial charge in [-0.3, -0.25) is 4.79 Å². The highest BCUT2D eigenvalue weighted by Crippen LogP contribution is 2.57. The Morgan fingerprint density at radius 3 is 2.58 bits per heavy atom. The number of carbonyl (C=O) groups is 2. The van der Waals surface area contributed by atoms with Gasteiger partial charge in [0.25, 0.3) is 0 Å². The van der Waals surface area contributed by atoms with E-state index in [4.69, 9.17) is 5.11 Å². The second-order valence-corrected chi connectivity index (χ2v) is 6.18. The summed E-state index contributed by atoms with van der Waals surface area (Å²) in [5.74, 6) is 0.0873. The van der Waals surface area contributed by atoms with Crippen LogP contribution in [0, 0.1) is 17.8 Å². The predicted octanol–water partition coefficient (Wildman–Crippen LogP) is 3.13. The lowest BCUT2D eigenvalue weighted by molar-refractivity contribution is -0.118. The van der Waals surface area contributed by atoms with Crippen LogP contribution in [-0.4, -0.2) is 17.0 Å². The van der Waals surface area contributed by atoms with Crippen LogP contribution in [0.1, 0.15) is 29.6 Å². The van der Waals surface area contributed by atoms with Crippen LogP contribution in [0.25, 0.3) is 0 Å². The molecular weight excluding hydrogens is 310 g/mol. The van der Waals surface area contributed by atoms with Crippen molar-refractivity contribution in [1.82, 2.24) is 0 Å². The summed E-state index contributed by atoms with van der Waals surface area (Å²) in [6.07, 6.45) is 3.48. The third-order valence-corrected chi connectivity index (χ3v) is 4.67. The molecule has 3 rings (SSSR count). The summed E-state index contributed by atoms with van der Waals surface area (Å²) in [4.78, 5) is 23.3. The molecule has 100 valence electrons. The molecule has 2 unspecified atom stereocenters. The molecule has 0 saturated heterocycles. The van der Waals surface area contributed by atoms with Gasteiger partial charge >= 0.3 is 5.97 Å². The molecule has 0 bridgehead atoms. The Labute approximate surface area is 119 Å². The zero-order valence-corrected chi connectivity index (χ0v) is 11.8. The Hall–Kier alpha value is -1.36. The molecule has 2 N–H and O–H groups in total. The number of hydrogen-bond acceptors (Lipinski definition) is 2. The second-order valence-electron chi connectivity index (χ2n) is 5.27. The summed E-state index contributed by atoms with van der Waals surface area (Å²) in [6.45, 7) is 0.